The summed E-state index contributed by atoms with van der Waals surface area (Å²) in [6.07, 6.45) is 2.46. The molecule has 130 valence electrons. The van der Waals surface area contributed by atoms with Crippen LogP contribution >= 0.6 is 0 Å². The number of amides is 1. The van der Waals surface area contributed by atoms with Crippen LogP contribution in [0.15, 0.2) is 18.2 Å². The topological polar surface area (TPSA) is 57.7 Å². The van der Waals surface area contributed by atoms with Crippen molar-refractivity contribution in [3.63, 3.8) is 0 Å². The van der Waals surface area contributed by atoms with Gasteiger partial charge in [-0.15, -0.1) is 0 Å². The summed E-state index contributed by atoms with van der Waals surface area (Å²) in [7, 11) is -2.30. The summed E-state index contributed by atoms with van der Waals surface area (Å²) in [6, 6.07) is 3.11. The monoisotopic (exact) mass is 348 g/mol. The number of nitrogens with zero attached hydrogens (tertiary/aromatic N) is 2. The molecule has 1 aromatic carbocycles. The average Bonchev–Trinajstić information content (AvgIpc) is 2.46. The number of unbranched alkanes of at least 4 members (excludes halogenated alkanes) is 1. The Bertz CT molecular complexity index is 630. The molecule has 0 radical (unpaired) electrons. The first-order valence-corrected chi connectivity index (χ1v) is 9.19. The van der Waals surface area contributed by atoms with Gasteiger partial charge in [0, 0.05) is 26.6 Å². The van der Waals surface area contributed by atoms with Crippen molar-refractivity contribution in [3.05, 3.63) is 29.8 Å². The smallest absolute Gasteiger partial charge is 0.232 e. The molecule has 0 bridgehead atoms. The van der Waals surface area contributed by atoms with E-state index in [0.29, 0.717) is 10.8 Å². The molecule has 0 unspecified atom stereocenters. The SMILES string of the molecule is CCCCN(C)C(=O)CCN(c1c(F)cccc1F)S(C)(=O)=O. The van der Waals surface area contributed by atoms with E-state index in [1.165, 1.54) is 4.90 Å². The number of anilines is 1. The third kappa shape index (κ3) is 5.46. The van der Waals surface area contributed by atoms with E-state index in [2.05, 4.69) is 0 Å². The summed E-state index contributed by atoms with van der Waals surface area (Å²) < 4.78 is 52.0. The Morgan fingerprint density at radius 3 is 2.22 bits per heavy atom. The van der Waals surface area contributed by atoms with Crippen molar-refractivity contribution in [3.8, 4) is 0 Å². The molecule has 0 N–H and O–H groups in total. The zero-order valence-electron chi connectivity index (χ0n) is 13.6. The number of benzene rings is 1. The van der Waals surface area contributed by atoms with Gasteiger partial charge in [0.25, 0.3) is 0 Å². The van der Waals surface area contributed by atoms with Gasteiger partial charge in [0.05, 0.1) is 6.26 Å². The van der Waals surface area contributed by atoms with E-state index >= 15 is 0 Å². The average molecular weight is 348 g/mol. The minimum absolute atomic E-state index is 0.152. The van der Waals surface area contributed by atoms with Crippen molar-refractivity contribution in [2.75, 3.05) is 30.7 Å². The maximum Gasteiger partial charge on any atom is 0.232 e. The van der Waals surface area contributed by atoms with Crippen LogP contribution < -0.4 is 4.31 Å². The van der Waals surface area contributed by atoms with Crippen LogP contribution in [0.2, 0.25) is 0 Å². The minimum Gasteiger partial charge on any atom is -0.346 e. The maximum atomic E-state index is 13.8. The Labute approximate surface area is 135 Å². The standard InChI is InChI=1S/C15H22F2N2O3S/c1-4-5-10-18(2)14(20)9-11-19(23(3,21)22)15-12(16)7-6-8-13(15)17/h6-8H,4-5,9-11H2,1-3H3. The third-order valence-corrected chi connectivity index (χ3v) is 4.55. The predicted octanol–water partition coefficient (Wildman–Crippen LogP) is 2.38. The highest BCUT2D eigenvalue weighted by atomic mass is 32.2. The highest BCUT2D eigenvalue weighted by molar-refractivity contribution is 7.92. The zero-order valence-corrected chi connectivity index (χ0v) is 14.4. The fraction of sp³-hybridized carbons (Fsp3) is 0.533. The Hall–Kier alpha value is -1.70. The van der Waals surface area contributed by atoms with Crippen LogP contribution in [-0.2, 0) is 14.8 Å². The van der Waals surface area contributed by atoms with E-state index in [1.54, 1.807) is 7.05 Å². The maximum absolute atomic E-state index is 13.8. The van der Waals surface area contributed by atoms with Gasteiger partial charge in [0.2, 0.25) is 15.9 Å². The van der Waals surface area contributed by atoms with Gasteiger partial charge >= 0.3 is 0 Å². The lowest BCUT2D eigenvalue weighted by atomic mass is 10.2. The van der Waals surface area contributed by atoms with Gasteiger partial charge < -0.3 is 4.90 Å². The second kappa shape index (κ2) is 8.24. The minimum atomic E-state index is -3.92. The van der Waals surface area contributed by atoms with Crippen molar-refractivity contribution < 1.29 is 22.0 Å². The fourth-order valence-corrected chi connectivity index (χ4v) is 3.01. The summed E-state index contributed by atoms with van der Waals surface area (Å²) in [5.41, 5.74) is -0.654. The lowest BCUT2D eigenvalue weighted by Crippen LogP contribution is -2.36. The fourth-order valence-electron chi connectivity index (χ4n) is 2.08. The molecule has 0 heterocycles. The lowest BCUT2D eigenvalue weighted by Gasteiger charge is -2.24. The molecule has 0 aromatic heterocycles. The first-order chi connectivity index (χ1) is 10.7. The van der Waals surface area contributed by atoms with E-state index in [9.17, 15) is 22.0 Å². The Balaban J connectivity index is 2.93. The van der Waals surface area contributed by atoms with Gasteiger partial charge in [-0.05, 0) is 18.6 Å². The van der Waals surface area contributed by atoms with Gasteiger partial charge in [0.15, 0.2) is 11.6 Å². The van der Waals surface area contributed by atoms with Crippen LogP contribution in [-0.4, -0.2) is 45.6 Å². The number of rotatable bonds is 8. The number of hydrogen-bond acceptors (Lipinski definition) is 3. The molecule has 0 atom stereocenters. The van der Waals surface area contributed by atoms with Crippen molar-refractivity contribution in [1.82, 2.24) is 4.90 Å². The number of para-hydroxylation sites is 1. The Kier molecular flexibility index (Phi) is 6.93. The van der Waals surface area contributed by atoms with E-state index in [0.717, 1.165) is 37.3 Å². The number of sulfonamides is 1. The molecule has 0 aliphatic carbocycles. The van der Waals surface area contributed by atoms with Crippen LogP contribution in [0.4, 0.5) is 14.5 Å². The van der Waals surface area contributed by atoms with Crippen LogP contribution in [0, 0.1) is 11.6 Å². The molecular weight excluding hydrogens is 326 g/mol. The zero-order chi connectivity index (χ0) is 17.6. The van der Waals surface area contributed by atoms with Crippen LogP contribution in [0.25, 0.3) is 0 Å². The second-order valence-electron chi connectivity index (χ2n) is 5.32. The highest BCUT2D eigenvalue weighted by Crippen LogP contribution is 2.25. The number of hydrogen-bond donors (Lipinski definition) is 0. The number of carbonyl (C=O) groups excluding carboxylic acids is 1. The van der Waals surface area contributed by atoms with E-state index in [1.807, 2.05) is 6.92 Å². The van der Waals surface area contributed by atoms with E-state index in [4.69, 9.17) is 0 Å². The largest absolute Gasteiger partial charge is 0.346 e. The molecule has 0 saturated carbocycles. The quantitative estimate of drug-likeness (QED) is 0.725. The normalized spacial score (nSPS) is 11.3. The first-order valence-electron chi connectivity index (χ1n) is 7.34. The van der Waals surface area contributed by atoms with Crippen molar-refractivity contribution in [1.29, 1.82) is 0 Å². The summed E-state index contributed by atoms with van der Waals surface area (Å²) in [5, 5.41) is 0. The molecule has 1 rings (SSSR count). The summed E-state index contributed by atoms with van der Waals surface area (Å²) in [5.74, 6) is -2.24. The van der Waals surface area contributed by atoms with Crippen molar-refractivity contribution >= 4 is 21.6 Å². The first kappa shape index (κ1) is 19.3. The molecule has 5 nitrogen and oxygen atoms in total. The molecule has 0 fully saturated rings. The molecule has 23 heavy (non-hydrogen) atoms. The van der Waals surface area contributed by atoms with E-state index in [-0.39, 0.29) is 18.9 Å². The van der Waals surface area contributed by atoms with Gasteiger partial charge in [-0.1, -0.05) is 19.4 Å². The van der Waals surface area contributed by atoms with Gasteiger partial charge in [0.1, 0.15) is 5.69 Å². The van der Waals surface area contributed by atoms with Crippen molar-refractivity contribution in [2.45, 2.75) is 26.2 Å². The number of carbonyl (C=O) groups is 1. The molecule has 0 aliphatic rings. The Morgan fingerprint density at radius 1 is 1.17 bits per heavy atom. The van der Waals surface area contributed by atoms with Crippen molar-refractivity contribution in [2.24, 2.45) is 0 Å². The molecular formula is C15H22F2N2O3S. The van der Waals surface area contributed by atoms with Gasteiger partial charge in [-0.2, -0.15) is 0 Å². The highest BCUT2D eigenvalue weighted by Gasteiger charge is 2.25. The van der Waals surface area contributed by atoms with Gasteiger partial charge in [-0.3, -0.25) is 9.10 Å². The molecule has 1 amide bonds. The molecule has 0 aliphatic heterocycles. The van der Waals surface area contributed by atoms with Crippen LogP contribution in [0.5, 0.6) is 0 Å². The Morgan fingerprint density at radius 2 is 1.74 bits per heavy atom. The summed E-state index contributed by atoms with van der Waals surface area (Å²) in [6.45, 7) is 2.24. The number of halogens is 2. The van der Waals surface area contributed by atoms with Crippen LogP contribution in [0.3, 0.4) is 0 Å². The van der Waals surface area contributed by atoms with Gasteiger partial charge in [-0.25, -0.2) is 17.2 Å². The molecule has 0 spiro atoms. The molecule has 1 aromatic rings. The van der Waals surface area contributed by atoms with Crippen LogP contribution in [0.1, 0.15) is 26.2 Å². The molecule has 0 saturated heterocycles. The predicted molar refractivity (Wildman–Crippen MR) is 85.7 cm³/mol. The lowest BCUT2D eigenvalue weighted by molar-refractivity contribution is -0.129. The molecule has 8 heteroatoms. The third-order valence-electron chi connectivity index (χ3n) is 3.39. The summed E-state index contributed by atoms with van der Waals surface area (Å²) in [4.78, 5) is 13.5. The summed E-state index contributed by atoms with van der Waals surface area (Å²) >= 11 is 0. The van der Waals surface area contributed by atoms with E-state index < -0.39 is 27.3 Å². The second-order valence-corrected chi connectivity index (χ2v) is 7.23.